The zero-order valence-corrected chi connectivity index (χ0v) is 15.1. The molecule has 1 heterocycles. The van der Waals surface area contributed by atoms with Gasteiger partial charge in [-0.2, -0.15) is 0 Å². The van der Waals surface area contributed by atoms with Crippen molar-refractivity contribution in [3.63, 3.8) is 0 Å². The maximum atomic E-state index is 12.8. The minimum absolute atomic E-state index is 0.305. The highest BCUT2D eigenvalue weighted by Gasteiger charge is 2.04. The molecule has 0 aliphatic carbocycles. The van der Waals surface area contributed by atoms with E-state index in [1.54, 1.807) is 60.9 Å². The highest BCUT2D eigenvalue weighted by atomic mass is 19.1. The summed E-state index contributed by atoms with van der Waals surface area (Å²) < 4.78 is 24.0. The third-order valence-corrected chi connectivity index (χ3v) is 3.67. The first kappa shape index (κ1) is 19.2. The minimum Gasteiger partial charge on any atom is -0.494 e. The number of aromatic nitrogens is 1. The lowest BCUT2D eigenvalue weighted by Crippen LogP contribution is -2.30. The van der Waals surface area contributed by atoms with Crippen molar-refractivity contribution in [2.45, 2.75) is 6.42 Å². The number of anilines is 1. The van der Waals surface area contributed by atoms with E-state index >= 15 is 0 Å². The summed E-state index contributed by atoms with van der Waals surface area (Å²) in [5.41, 5.74) is 0.617. The summed E-state index contributed by atoms with van der Waals surface area (Å²) in [4.78, 5) is 15.9. The first-order valence-electron chi connectivity index (χ1n) is 8.80. The van der Waals surface area contributed by atoms with E-state index in [0.717, 1.165) is 0 Å². The summed E-state index contributed by atoms with van der Waals surface area (Å²) in [7, 11) is 0. The Bertz CT molecular complexity index is 889. The predicted molar refractivity (Wildman–Crippen MR) is 104 cm³/mol. The predicted octanol–water partition coefficient (Wildman–Crippen LogP) is 4.60. The van der Waals surface area contributed by atoms with Crippen molar-refractivity contribution in [3.8, 4) is 17.2 Å². The lowest BCUT2D eigenvalue weighted by atomic mass is 10.3. The number of carbonyl (C=O) groups excluding carboxylic acids is 1. The Labute approximate surface area is 162 Å². The van der Waals surface area contributed by atoms with Crippen LogP contribution in [0.5, 0.6) is 17.2 Å². The smallest absolute Gasteiger partial charge is 0.319 e. The molecular weight excluding hydrogens is 361 g/mol. The van der Waals surface area contributed by atoms with Gasteiger partial charge in [0, 0.05) is 30.7 Å². The van der Waals surface area contributed by atoms with Gasteiger partial charge in [-0.1, -0.05) is 6.07 Å². The zero-order valence-electron chi connectivity index (χ0n) is 15.1. The van der Waals surface area contributed by atoms with E-state index in [9.17, 15) is 9.18 Å². The Morgan fingerprint density at radius 3 is 2.54 bits per heavy atom. The number of hydrogen-bond donors (Lipinski definition) is 2. The van der Waals surface area contributed by atoms with Crippen LogP contribution in [0.1, 0.15) is 6.42 Å². The van der Waals surface area contributed by atoms with Crippen molar-refractivity contribution >= 4 is 11.7 Å². The molecule has 1 aromatic heterocycles. The van der Waals surface area contributed by atoms with Gasteiger partial charge in [-0.15, -0.1) is 0 Å². The second-order valence-electron chi connectivity index (χ2n) is 5.85. The van der Waals surface area contributed by atoms with Gasteiger partial charge >= 0.3 is 6.03 Å². The van der Waals surface area contributed by atoms with E-state index in [1.165, 1.54) is 12.1 Å². The molecule has 3 rings (SSSR count). The number of benzene rings is 2. The molecule has 0 radical (unpaired) electrons. The Kier molecular flexibility index (Phi) is 6.78. The van der Waals surface area contributed by atoms with E-state index < -0.39 is 0 Å². The molecule has 2 aromatic carbocycles. The molecule has 2 amide bonds. The average molecular weight is 381 g/mol. The Morgan fingerprint density at radius 2 is 1.75 bits per heavy atom. The quantitative estimate of drug-likeness (QED) is 0.559. The lowest BCUT2D eigenvalue weighted by molar-refractivity contribution is 0.250. The average Bonchev–Trinajstić information content (AvgIpc) is 2.70. The molecule has 0 aliphatic rings. The molecule has 28 heavy (non-hydrogen) atoms. The number of amides is 2. The number of carbonyl (C=O) groups is 1. The van der Waals surface area contributed by atoms with Crippen LogP contribution < -0.4 is 20.1 Å². The highest BCUT2D eigenvalue weighted by molar-refractivity contribution is 5.89. The SMILES string of the molecule is O=C(NCCCOc1ccc(F)cc1)Nc1cccc(Oc2ccncc2)c1. The Hall–Kier alpha value is -3.61. The molecule has 3 aromatic rings. The number of rotatable bonds is 8. The second-order valence-corrected chi connectivity index (χ2v) is 5.85. The number of halogens is 1. The van der Waals surface area contributed by atoms with E-state index in [-0.39, 0.29) is 11.8 Å². The molecule has 0 atom stereocenters. The number of ether oxygens (including phenoxy) is 2. The highest BCUT2D eigenvalue weighted by Crippen LogP contribution is 2.23. The zero-order chi connectivity index (χ0) is 19.6. The molecular formula is C21H20FN3O3. The molecule has 0 aliphatic heterocycles. The van der Waals surface area contributed by atoms with Crippen LogP contribution in [0, 0.1) is 5.82 Å². The summed E-state index contributed by atoms with van der Waals surface area (Å²) in [6.45, 7) is 0.863. The van der Waals surface area contributed by atoms with Gasteiger partial charge < -0.3 is 20.1 Å². The van der Waals surface area contributed by atoms with E-state index in [4.69, 9.17) is 9.47 Å². The summed E-state index contributed by atoms with van der Waals surface area (Å²) in [5, 5.41) is 5.51. The van der Waals surface area contributed by atoms with Crippen molar-refractivity contribution < 1.29 is 18.7 Å². The molecule has 6 nitrogen and oxygen atoms in total. The third-order valence-electron chi connectivity index (χ3n) is 3.67. The molecule has 0 saturated heterocycles. The fourth-order valence-electron chi connectivity index (χ4n) is 2.35. The first-order chi connectivity index (χ1) is 13.7. The largest absolute Gasteiger partial charge is 0.494 e. The summed E-state index contributed by atoms with van der Waals surface area (Å²) >= 11 is 0. The maximum absolute atomic E-state index is 12.8. The maximum Gasteiger partial charge on any atom is 0.319 e. The normalized spacial score (nSPS) is 10.2. The van der Waals surface area contributed by atoms with Crippen LogP contribution in [-0.2, 0) is 0 Å². The van der Waals surface area contributed by atoms with Crippen molar-refractivity contribution in [2.75, 3.05) is 18.5 Å². The fourth-order valence-corrected chi connectivity index (χ4v) is 2.35. The monoisotopic (exact) mass is 381 g/mol. The fraction of sp³-hybridized carbons (Fsp3) is 0.143. The van der Waals surface area contributed by atoms with E-state index in [1.807, 2.05) is 0 Å². The van der Waals surface area contributed by atoms with Gasteiger partial charge in [-0.05, 0) is 55.0 Å². The van der Waals surface area contributed by atoms with Crippen molar-refractivity contribution in [3.05, 3.63) is 78.9 Å². The molecule has 0 unspecified atom stereocenters. The summed E-state index contributed by atoms with van der Waals surface area (Å²) in [6, 6.07) is 16.1. The number of hydrogen-bond acceptors (Lipinski definition) is 4. The number of pyridine rings is 1. The van der Waals surface area contributed by atoms with Gasteiger partial charge in [0.05, 0.1) is 6.61 Å². The van der Waals surface area contributed by atoms with Gasteiger partial charge in [0.1, 0.15) is 23.1 Å². The second kappa shape index (κ2) is 9.91. The first-order valence-corrected chi connectivity index (χ1v) is 8.80. The molecule has 0 spiro atoms. The number of urea groups is 1. The van der Waals surface area contributed by atoms with Crippen LogP contribution in [0.25, 0.3) is 0 Å². The van der Waals surface area contributed by atoms with Crippen LogP contribution in [-0.4, -0.2) is 24.2 Å². The molecule has 0 bridgehead atoms. The summed E-state index contributed by atoms with van der Waals surface area (Å²) in [5.74, 6) is 1.56. The van der Waals surface area contributed by atoms with Crippen LogP contribution in [0.4, 0.5) is 14.9 Å². The molecule has 2 N–H and O–H groups in total. The van der Waals surface area contributed by atoms with Gasteiger partial charge in [0.15, 0.2) is 0 Å². The minimum atomic E-state index is -0.317. The van der Waals surface area contributed by atoms with Gasteiger partial charge in [0.25, 0.3) is 0 Å². The third kappa shape index (κ3) is 6.28. The summed E-state index contributed by atoms with van der Waals surface area (Å²) in [6.07, 6.45) is 3.91. The van der Waals surface area contributed by atoms with Gasteiger partial charge in [-0.25, -0.2) is 9.18 Å². The van der Waals surface area contributed by atoms with Crippen LogP contribution in [0.2, 0.25) is 0 Å². The molecule has 7 heteroatoms. The van der Waals surface area contributed by atoms with Crippen LogP contribution in [0.15, 0.2) is 73.1 Å². The molecule has 0 fully saturated rings. The van der Waals surface area contributed by atoms with E-state index in [0.29, 0.717) is 42.5 Å². The van der Waals surface area contributed by atoms with Gasteiger partial charge in [0.2, 0.25) is 0 Å². The lowest BCUT2D eigenvalue weighted by Gasteiger charge is -2.10. The van der Waals surface area contributed by atoms with Crippen LogP contribution in [0.3, 0.4) is 0 Å². The topological polar surface area (TPSA) is 72.5 Å². The Balaban J connectivity index is 1.38. The molecule has 144 valence electrons. The van der Waals surface area contributed by atoms with Crippen molar-refractivity contribution in [1.29, 1.82) is 0 Å². The molecule has 0 saturated carbocycles. The number of nitrogens with zero attached hydrogens (tertiary/aromatic N) is 1. The van der Waals surface area contributed by atoms with Crippen molar-refractivity contribution in [2.24, 2.45) is 0 Å². The standard InChI is InChI=1S/C21H20FN3O3/c22-16-5-7-18(8-6-16)27-14-2-11-24-21(26)25-17-3-1-4-20(15-17)28-19-9-12-23-13-10-19/h1,3-10,12-13,15H,2,11,14H2,(H2,24,25,26). The van der Waals surface area contributed by atoms with Crippen molar-refractivity contribution in [1.82, 2.24) is 10.3 Å². The Morgan fingerprint density at radius 1 is 0.964 bits per heavy atom. The van der Waals surface area contributed by atoms with Gasteiger partial charge in [-0.3, -0.25) is 4.98 Å². The van der Waals surface area contributed by atoms with E-state index in [2.05, 4.69) is 15.6 Å². The number of nitrogens with one attached hydrogen (secondary N) is 2. The van der Waals surface area contributed by atoms with Crippen LogP contribution >= 0.6 is 0 Å².